The second-order valence-corrected chi connectivity index (χ2v) is 5.80. The van der Waals surface area contributed by atoms with Crippen LogP contribution < -0.4 is 15.5 Å². The van der Waals surface area contributed by atoms with Crippen LogP contribution in [-0.4, -0.2) is 35.1 Å². The van der Waals surface area contributed by atoms with E-state index in [0.29, 0.717) is 23.3 Å². The molecule has 0 fully saturated rings. The molecule has 7 heteroatoms. The number of benzene rings is 2. The fraction of sp³-hybridized carbons (Fsp3) is 0.105. The molecule has 0 radical (unpaired) electrons. The van der Waals surface area contributed by atoms with E-state index in [1.807, 2.05) is 49.3 Å². The molecule has 2 aromatic carbocycles. The first-order valence-electron chi connectivity index (χ1n) is 8.01. The quantitative estimate of drug-likeness (QED) is 0.624. The molecule has 0 amide bonds. The SMILES string of the molecule is CN(C)c1cc(Nc2ccccc2C(=O)O)nc(Nc2ccccc2)n1. The molecule has 3 N–H and O–H groups in total. The van der Waals surface area contributed by atoms with E-state index in [-0.39, 0.29) is 5.56 Å². The van der Waals surface area contributed by atoms with Crippen LogP contribution in [0.4, 0.5) is 29.0 Å². The second-order valence-electron chi connectivity index (χ2n) is 5.80. The average Bonchev–Trinajstić information content (AvgIpc) is 2.62. The summed E-state index contributed by atoms with van der Waals surface area (Å²) >= 11 is 0. The summed E-state index contributed by atoms with van der Waals surface area (Å²) in [5.74, 6) is 0.597. The molecule has 132 valence electrons. The molecular weight excluding hydrogens is 330 g/mol. The Morgan fingerprint density at radius 2 is 1.65 bits per heavy atom. The van der Waals surface area contributed by atoms with Gasteiger partial charge in [0.15, 0.2) is 0 Å². The molecule has 0 saturated heterocycles. The van der Waals surface area contributed by atoms with Crippen molar-refractivity contribution in [2.45, 2.75) is 0 Å². The van der Waals surface area contributed by atoms with E-state index in [2.05, 4.69) is 20.6 Å². The molecule has 0 saturated carbocycles. The van der Waals surface area contributed by atoms with Crippen LogP contribution in [0.1, 0.15) is 10.4 Å². The zero-order valence-corrected chi connectivity index (χ0v) is 14.5. The number of carbonyl (C=O) groups is 1. The standard InChI is InChI=1S/C19H19N5O2/c1-24(2)17-12-16(21-15-11-7-6-10-14(15)18(25)26)22-19(23-17)20-13-8-4-3-5-9-13/h3-12H,1-2H3,(H,25,26)(H2,20,21,22,23). The molecule has 0 atom stereocenters. The van der Waals surface area contributed by atoms with Crippen molar-refractivity contribution in [2.24, 2.45) is 0 Å². The van der Waals surface area contributed by atoms with Crippen LogP contribution in [0.15, 0.2) is 60.7 Å². The van der Waals surface area contributed by atoms with Gasteiger partial charge in [0, 0.05) is 25.8 Å². The molecule has 0 aliphatic rings. The maximum Gasteiger partial charge on any atom is 0.337 e. The lowest BCUT2D eigenvalue weighted by Crippen LogP contribution is -2.13. The highest BCUT2D eigenvalue weighted by molar-refractivity contribution is 5.95. The normalized spacial score (nSPS) is 10.2. The van der Waals surface area contributed by atoms with Crippen LogP contribution in [0.2, 0.25) is 0 Å². The van der Waals surface area contributed by atoms with Gasteiger partial charge in [0.25, 0.3) is 0 Å². The molecule has 1 heterocycles. The minimum absolute atomic E-state index is 0.176. The lowest BCUT2D eigenvalue weighted by Gasteiger charge is -2.16. The number of nitrogens with zero attached hydrogens (tertiary/aromatic N) is 3. The minimum Gasteiger partial charge on any atom is -0.478 e. The van der Waals surface area contributed by atoms with Gasteiger partial charge in [0.2, 0.25) is 5.95 Å². The summed E-state index contributed by atoms with van der Waals surface area (Å²) in [7, 11) is 3.76. The van der Waals surface area contributed by atoms with Crippen molar-refractivity contribution in [1.82, 2.24) is 9.97 Å². The predicted octanol–water partition coefficient (Wildman–Crippen LogP) is 3.73. The minimum atomic E-state index is -1.00. The lowest BCUT2D eigenvalue weighted by molar-refractivity contribution is 0.0698. The maximum absolute atomic E-state index is 11.4. The van der Waals surface area contributed by atoms with Crippen molar-refractivity contribution >= 4 is 34.9 Å². The number of nitrogens with one attached hydrogen (secondary N) is 2. The van der Waals surface area contributed by atoms with Crippen LogP contribution in [0.5, 0.6) is 0 Å². The topological polar surface area (TPSA) is 90.4 Å². The van der Waals surface area contributed by atoms with Gasteiger partial charge < -0.3 is 20.6 Å². The molecule has 26 heavy (non-hydrogen) atoms. The van der Waals surface area contributed by atoms with Gasteiger partial charge in [-0.3, -0.25) is 0 Å². The van der Waals surface area contributed by atoms with E-state index in [4.69, 9.17) is 0 Å². The van der Waals surface area contributed by atoms with E-state index < -0.39 is 5.97 Å². The molecule has 7 nitrogen and oxygen atoms in total. The van der Waals surface area contributed by atoms with E-state index in [1.165, 1.54) is 0 Å². The highest BCUT2D eigenvalue weighted by atomic mass is 16.4. The molecule has 0 spiro atoms. The van der Waals surface area contributed by atoms with E-state index in [9.17, 15) is 9.90 Å². The van der Waals surface area contributed by atoms with E-state index in [1.54, 1.807) is 30.3 Å². The van der Waals surface area contributed by atoms with Gasteiger partial charge in [0.1, 0.15) is 11.6 Å². The van der Waals surface area contributed by atoms with E-state index >= 15 is 0 Å². The van der Waals surface area contributed by atoms with Crippen LogP contribution in [0.3, 0.4) is 0 Å². The van der Waals surface area contributed by atoms with Gasteiger partial charge in [-0.2, -0.15) is 9.97 Å². The fourth-order valence-electron chi connectivity index (χ4n) is 2.35. The number of hydrogen-bond donors (Lipinski definition) is 3. The number of rotatable bonds is 6. The van der Waals surface area contributed by atoms with Crippen LogP contribution in [0.25, 0.3) is 0 Å². The van der Waals surface area contributed by atoms with Gasteiger partial charge in [-0.25, -0.2) is 4.79 Å². The molecule has 0 aliphatic carbocycles. The number of anilines is 5. The Bertz CT molecular complexity index is 913. The first kappa shape index (κ1) is 17.2. The van der Waals surface area contributed by atoms with Crippen molar-refractivity contribution in [3.8, 4) is 0 Å². The summed E-state index contributed by atoms with van der Waals surface area (Å²) in [5.41, 5.74) is 1.50. The smallest absolute Gasteiger partial charge is 0.337 e. The van der Waals surface area contributed by atoms with Crippen molar-refractivity contribution in [2.75, 3.05) is 29.6 Å². The summed E-state index contributed by atoms with van der Waals surface area (Å²) < 4.78 is 0. The summed E-state index contributed by atoms with van der Waals surface area (Å²) in [6.45, 7) is 0. The Labute approximate surface area is 151 Å². The second kappa shape index (κ2) is 7.52. The summed E-state index contributed by atoms with van der Waals surface area (Å²) in [6.07, 6.45) is 0. The van der Waals surface area contributed by atoms with Gasteiger partial charge >= 0.3 is 5.97 Å². The Morgan fingerprint density at radius 3 is 2.35 bits per heavy atom. The predicted molar refractivity (Wildman–Crippen MR) is 103 cm³/mol. The van der Waals surface area contributed by atoms with Crippen molar-refractivity contribution < 1.29 is 9.90 Å². The summed E-state index contributed by atoms with van der Waals surface area (Å²) in [6, 6.07) is 18.0. The third-order valence-corrected chi connectivity index (χ3v) is 3.62. The molecule has 1 aromatic heterocycles. The molecule has 0 aliphatic heterocycles. The maximum atomic E-state index is 11.4. The van der Waals surface area contributed by atoms with Gasteiger partial charge in [-0.15, -0.1) is 0 Å². The number of carboxylic acids is 1. The monoisotopic (exact) mass is 349 g/mol. The number of hydrogen-bond acceptors (Lipinski definition) is 6. The fourth-order valence-corrected chi connectivity index (χ4v) is 2.35. The molecule has 0 bridgehead atoms. The largest absolute Gasteiger partial charge is 0.478 e. The van der Waals surface area contributed by atoms with E-state index in [0.717, 1.165) is 5.69 Å². The zero-order valence-electron chi connectivity index (χ0n) is 14.5. The molecular formula is C19H19N5O2. The van der Waals surface area contributed by atoms with Crippen molar-refractivity contribution in [1.29, 1.82) is 0 Å². The average molecular weight is 349 g/mol. The third-order valence-electron chi connectivity index (χ3n) is 3.62. The number of aromatic nitrogens is 2. The van der Waals surface area contributed by atoms with Crippen LogP contribution in [0, 0.1) is 0 Å². The van der Waals surface area contributed by atoms with Gasteiger partial charge in [-0.1, -0.05) is 30.3 Å². The summed E-state index contributed by atoms with van der Waals surface area (Å²) in [5, 5.41) is 15.6. The van der Waals surface area contributed by atoms with Crippen LogP contribution in [-0.2, 0) is 0 Å². The first-order valence-corrected chi connectivity index (χ1v) is 8.01. The first-order chi connectivity index (χ1) is 12.5. The number of aromatic carboxylic acids is 1. The Kier molecular flexibility index (Phi) is 4.98. The highest BCUT2D eigenvalue weighted by Crippen LogP contribution is 2.24. The van der Waals surface area contributed by atoms with Crippen molar-refractivity contribution in [3.63, 3.8) is 0 Å². The third kappa shape index (κ3) is 4.07. The Morgan fingerprint density at radius 1 is 0.962 bits per heavy atom. The lowest BCUT2D eigenvalue weighted by atomic mass is 10.2. The molecule has 3 rings (SSSR count). The Hall–Kier alpha value is -3.61. The van der Waals surface area contributed by atoms with Crippen LogP contribution >= 0.6 is 0 Å². The van der Waals surface area contributed by atoms with Crippen molar-refractivity contribution in [3.05, 3.63) is 66.2 Å². The zero-order chi connectivity index (χ0) is 18.5. The summed E-state index contributed by atoms with van der Waals surface area (Å²) in [4.78, 5) is 22.2. The Balaban J connectivity index is 1.95. The molecule has 3 aromatic rings. The molecule has 0 unspecified atom stereocenters. The van der Waals surface area contributed by atoms with Gasteiger partial charge in [0.05, 0.1) is 11.3 Å². The van der Waals surface area contributed by atoms with Gasteiger partial charge in [-0.05, 0) is 24.3 Å². The number of para-hydroxylation sites is 2. The number of carboxylic acid groups (broad SMARTS) is 1. The highest BCUT2D eigenvalue weighted by Gasteiger charge is 2.12.